The highest BCUT2D eigenvalue weighted by Crippen LogP contribution is 2.25. The number of carbonyl (C=O) groups is 6. The lowest BCUT2D eigenvalue weighted by Gasteiger charge is -2.19. The third-order valence-electron chi connectivity index (χ3n) is 9.10. The van der Waals surface area contributed by atoms with E-state index in [0.717, 1.165) is 0 Å². The summed E-state index contributed by atoms with van der Waals surface area (Å²) in [5.41, 5.74) is 3.70. The fraction of sp³-hybridized carbons (Fsp3) is 0.176. The van der Waals surface area contributed by atoms with Crippen LogP contribution >= 0.6 is 0 Å². The Morgan fingerprint density at radius 1 is 0.391 bits per heavy atom. The first-order chi connectivity index (χ1) is 33.3. The second-order valence-corrected chi connectivity index (χ2v) is 14.9. The van der Waals surface area contributed by atoms with Crippen molar-refractivity contribution in [3.05, 3.63) is 162 Å². The summed E-state index contributed by atoms with van der Waals surface area (Å²) in [7, 11) is 0. The standard InChI is InChI=1S/C48H44N6O12.C3H8/c1-30-19-22-33(25-40(30)52-46(58)63-36-13-7-4-8-14-36)49-43(55)61-28-39(66-45(57)51-35-24-21-32(3)42(27-35)54-48(60)65-38-17-11-6-12-18-38)29-62-44(56)50-34-23-20-31(2)41(26-34)53-47(59)64-37-15-9-5-10-16-37;1-3-2/h4-27,39H,28-29H2,1-3H3,(H,49,55)(H,50,56)(H,51,57)(H,52,58)(H,53,59)(H,54,60);3H2,1-2H3. The van der Waals surface area contributed by atoms with E-state index in [0.29, 0.717) is 51.0 Å². The molecule has 0 fully saturated rings. The van der Waals surface area contributed by atoms with Gasteiger partial charge in [-0.05, 0) is 110 Å². The van der Waals surface area contributed by atoms with Crippen LogP contribution in [0.15, 0.2) is 146 Å². The van der Waals surface area contributed by atoms with Crippen LogP contribution in [-0.4, -0.2) is 55.9 Å². The van der Waals surface area contributed by atoms with Crippen LogP contribution in [0.4, 0.5) is 62.9 Å². The van der Waals surface area contributed by atoms with Gasteiger partial charge in [-0.3, -0.25) is 31.9 Å². The van der Waals surface area contributed by atoms with Crippen LogP contribution in [0, 0.1) is 20.8 Å². The minimum Gasteiger partial charge on any atom is -0.445 e. The smallest absolute Gasteiger partial charge is 0.417 e. The number of aryl methyl sites for hydroxylation is 3. The summed E-state index contributed by atoms with van der Waals surface area (Å²) in [5, 5.41) is 15.5. The summed E-state index contributed by atoms with van der Waals surface area (Å²) in [6.45, 7) is 8.29. The van der Waals surface area contributed by atoms with Crippen molar-refractivity contribution >= 4 is 70.7 Å². The molecule has 0 aromatic heterocycles. The van der Waals surface area contributed by atoms with Gasteiger partial charge in [0.15, 0.2) is 6.10 Å². The number of nitrogens with one attached hydrogen (secondary N) is 6. The quantitative estimate of drug-likeness (QED) is 0.0560. The molecule has 0 aliphatic heterocycles. The van der Waals surface area contributed by atoms with Crippen molar-refractivity contribution in [3.63, 3.8) is 0 Å². The molecule has 6 amide bonds. The van der Waals surface area contributed by atoms with Crippen LogP contribution in [-0.2, 0) is 14.2 Å². The number of anilines is 6. The van der Waals surface area contributed by atoms with Crippen LogP contribution in [0.25, 0.3) is 0 Å². The molecule has 0 saturated heterocycles. The van der Waals surface area contributed by atoms with Gasteiger partial charge in [-0.2, -0.15) is 0 Å². The zero-order valence-electron chi connectivity index (χ0n) is 38.5. The number of ether oxygens (including phenoxy) is 6. The topological polar surface area (TPSA) is 230 Å². The van der Waals surface area contributed by atoms with Crippen molar-refractivity contribution in [1.82, 2.24) is 0 Å². The molecule has 0 heterocycles. The van der Waals surface area contributed by atoms with Crippen LogP contribution in [0.3, 0.4) is 0 Å². The van der Waals surface area contributed by atoms with Gasteiger partial charge in [0.05, 0.1) is 0 Å². The van der Waals surface area contributed by atoms with Gasteiger partial charge in [0.1, 0.15) is 30.5 Å². The molecule has 0 spiro atoms. The second kappa shape index (κ2) is 26.2. The number of hydrogen-bond acceptors (Lipinski definition) is 12. The number of rotatable bonds is 14. The highest BCUT2D eigenvalue weighted by molar-refractivity contribution is 5.93. The molecular formula is C51H52N6O12. The molecule has 18 heteroatoms. The molecule has 0 radical (unpaired) electrons. The Bertz CT molecular complexity index is 2560. The Balaban J connectivity index is 0.00000288. The average Bonchev–Trinajstić information content (AvgIpc) is 3.32. The van der Waals surface area contributed by atoms with Crippen molar-refractivity contribution in [1.29, 1.82) is 0 Å². The molecule has 6 aromatic carbocycles. The maximum Gasteiger partial charge on any atom is 0.417 e. The molecule has 6 N–H and O–H groups in total. The van der Waals surface area contributed by atoms with Gasteiger partial charge in [-0.1, -0.05) is 93.1 Å². The lowest BCUT2D eigenvalue weighted by Crippen LogP contribution is -2.34. The fourth-order valence-electron chi connectivity index (χ4n) is 5.76. The van der Waals surface area contributed by atoms with Crippen molar-refractivity contribution in [2.75, 3.05) is 45.1 Å². The van der Waals surface area contributed by atoms with Crippen molar-refractivity contribution in [2.45, 2.75) is 47.1 Å². The monoisotopic (exact) mass is 940 g/mol. The van der Waals surface area contributed by atoms with E-state index in [1.165, 1.54) is 24.6 Å². The minimum atomic E-state index is -1.36. The van der Waals surface area contributed by atoms with Crippen molar-refractivity contribution in [2.24, 2.45) is 0 Å². The second-order valence-electron chi connectivity index (χ2n) is 14.9. The van der Waals surface area contributed by atoms with Gasteiger partial charge in [-0.25, -0.2) is 28.8 Å². The van der Waals surface area contributed by atoms with Crippen LogP contribution in [0.1, 0.15) is 37.0 Å². The molecule has 69 heavy (non-hydrogen) atoms. The SMILES string of the molecule is CCC.Cc1ccc(NC(=O)OCC(COC(=O)Nc2ccc(C)c(NC(=O)Oc3ccccc3)c2)OC(=O)Nc2ccc(C)c(NC(=O)Oc3ccccc3)c2)cc1NC(=O)Oc1ccccc1. The van der Waals surface area contributed by atoms with Gasteiger partial charge in [0.2, 0.25) is 0 Å². The van der Waals surface area contributed by atoms with E-state index in [1.54, 1.807) is 148 Å². The molecule has 0 aliphatic carbocycles. The summed E-state index contributed by atoms with van der Waals surface area (Å²) in [4.78, 5) is 77.0. The van der Waals surface area contributed by atoms with E-state index in [2.05, 4.69) is 45.7 Å². The van der Waals surface area contributed by atoms with Crippen molar-refractivity contribution in [3.8, 4) is 17.2 Å². The van der Waals surface area contributed by atoms with E-state index in [1.807, 2.05) is 0 Å². The molecule has 358 valence electrons. The molecule has 18 nitrogen and oxygen atoms in total. The normalized spacial score (nSPS) is 10.2. The molecular weight excluding hydrogens is 889 g/mol. The van der Waals surface area contributed by atoms with Gasteiger partial charge in [-0.15, -0.1) is 0 Å². The Morgan fingerprint density at radius 2 is 0.681 bits per heavy atom. The lowest BCUT2D eigenvalue weighted by atomic mass is 10.2. The highest BCUT2D eigenvalue weighted by Gasteiger charge is 2.21. The predicted octanol–water partition coefficient (Wildman–Crippen LogP) is 12.3. The summed E-state index contributed by atoms with van der Waals surface area (Å²) in [5.74, 6) is 0.991. The van der Waals surface area contributed by atoms with Gasteiger partial charge in [0, 0.05) is 34.1 Å². The molecule has 6 aromatic rings. The summed E-state index contributed by atoms with van der Waals surface area (Å²) < 4.78 is 32.2. The Hall–Kier alpha value is -9.06. The molecule has 0 bridgehead atoms. The maximum atomic E-state index is 13.3. The fourth-order valence-corrected chi connectivity index (χ4v) is 5.76. The van der Waals surface area contributed by atoms with Gasteiger partial charge < -0.3 is 28.4 Å². The molecule has 6 rings (SSSR count). The van der Waals surface area contributed by atoms with Crippen LogP contribution in [0.5, 0.6) is 17.2 Å². The van der Waals surface area contributed by atoms with Gasteiger partial charge in [0.25, 0.3) is 0 Å². The molecule has 0 aliphatic rings. The Labute approximate surface area is 398 Å². The predicted molar refractivity (Wildman–Crippen MR) is 262 cm³/mol. The first-order valence-corrected chi connectivity index (χ1v) is 21.6. The third kappa shape index (κ3) is 17.7. The summed E-state index contributed by atoms with van der Waals surface area (Å²) >= 11 is 0. The number of hydrogen-bond donors (Lipinski definition) is 6. The van der Waals surface area contributed by atoms with E-state index >= 15 is 0 Å². The van der Waals surface area contributed by atoms with Crippen LogP contribution < -0.4 is 46.1 Å². The first kappa shape index (κ1) is 50.9. The Morgan fingerprint density at radius 3 is 0.986 bits per heavy atom. The maximum absolute atomic E-state index is 13.3. The average molecular weight is 941 g/mol. The van der Waals surface area contributed by atoms with E-state index in [4.69, 9.17) is 28.4 Å². The summed E-state index contributed by atoms with van der Waals surface area (Å²) in [6.07, 6.45) is -5.35. The highest BCUT2D eigenvalue weighted by atomic mass is 16.6. The number of amides is 6. The lowest BCUT2D eigenvalue weighted by molar-refractivity contribution is 0.0176. The molecule has 0 atom stereocenters. The molecule has 0 saturated carbocycles. The summed E-state index contributed by atoms with van der Waals surface area (Å²) in [6, 6.07) is 39.4. The van der Waals surface area contributed by atoms with Gasteiger partial charge >= 0.3 is 36.6 Å². The zero-order chi connectivity index (χ0) is 49.5. The first-order valence-electron chi connectivity index (χ1n) is 21.6. The van der Waals surface area contributed by atoms with E-state index in [-0.39, 0.29) is 17.1 Å². The van der Waals surface area contributed by atoms with Crippen molar-refractivity contribution < 1.29 is 57.2 Å². The molecule has 0 unspecified atom stereocenters. The number of benzene rings is 6. The number of carbonyl (C=O) groups excluding carboxylic acids is 6. The van der Waals surface area contributed by atoms with Crippen LogP contribution in [0.2, 0.25) is 0 Å². The zero-order valence-corrected chi connectivity index (χ0v) is 38.5. The van der Waals surface area contributed by atoms with E-state index < -0.39 is 55.9 Å². The van der Waals surface area contributed by atoms with E-state index in [9.17, 15) is 28.8 Å². The largest absolute Gasteiger partial charge is 0.445 e. The minimum absolute atomic E-state index is 0.213. The Kier molecular flexibility index (Phi) is 19.3. The third-order valence-corrected chi connectivity index (χ3v) is 9.10. The number of para-hydroxylation sites is 3.